The van der Waals surface area contributed by atoms with Gasteiger partial charge < -0.3 is 10.1 Å². The summed E-state index contributed by atoms with van der Waals surface area (Å²) in [5.41, 5.74) is 1.54. The van der Waals surface area contributed by atoms with Crippen molar-refractivity contribution in [3.63, 3.8) is 0 Å². The van der Waals surface area contributed by atoms with Gasteiger partial charge in [-0.05, 0) is 66.6 Å². The maximum absolute atomic E-state index is 13.1. The number of urea groups is 1. The van der Waals surface area contributed by atoms with Crippen LogP contribution >= 0.6 is 34.8 Å². The van der Waals surface area contributed by atoms with E-state index >= 15 is 0 Å². The van der Waals surface area contributed by atoms with Crippen LogP contribution in [0.5, 0.6) is 5.75 Å². The third-order valence-electron chi connectivity index (χ3n) is 5.35. The summed E-state index contributed by atoms with van der Waals surface area (Å²) in [5, 5.41) is 5.88. The molecule has 4 rings (SSSR count). The highest BCUT2D eigenvalue weighted by molar-refractivity contribution is 6.42. The van der Waals surface area contributed by atoms with Gasteiger partial charge in [-0.25, -0.2) is 9.69 Å². The average Bonchev–Trinajstić information content (AvgIpc) is 2.86. The lowest BCUT2D eigenvalue weighted by atomic mass is 10.1. The van der Waals surface area contributed by atoms with E-state index in [-0.39, 0.29) is 17.9 Å². The van der Waals surface area contributed by atoms with Crippen molar-refractivity contribution >= 4 is 76.0 Å². The Labute approximate surface area is 226 Å². The number of nitrogens with zero attached hydrogens (tertiary/aromatic N) is 1. The summed E-state index contributed by atoms with van der Waals surface area (Å²) in [6.45, 7) is 1.40. The Morgan fingerprint density at radius 3 is 2.41 bits per heavy atom. The van der Waals surface area contributed by atoms with Gasteiger partial charge >= 0.3 is 6.03 Å². The first kappa shape index (κ1) is 26.2. The summed E-state index contributed by atoms with van der Waals surface area (Å²) >= 11 is 17.9. The van der Waals surface area contributed by atoms with Crippen molar-refractivity contribution in [3.05, 3.63) is 92.4 Å². The molecule has 5 amide bonds. The summed E-state index contributed by atoms with van der Waals surface area (Å²) in [4.78, 5) is 51.0. The molecule has 0 atom stereocenters. The number of imide groups is 2. The van der Waals surface area contributed by atoms with Crippen molar-refractivity contribution in [1.29, 1.82) is 0 Å². The molecule has 8 nitrogen and oxygen atoms in total. The number of rotatable bonds is 6. The SMILES string of the molecule is Cc1c(Cl)cccc1N1C(=O)NC(=O)/C(=C/c2ccc(OCC(=O)Nc3ccc(Cl)c(Cl)c3)cc2)C1=O. The second-order valence-corrected chi connectivity index (χ2v) is 9.10. The molecular formula is C26H18Cl3N3O5. The molecule has 1 heterocycles. The van der Waals surface area contributed by atoms with Crippen LogP contribution in [0.1, 0.15) is 11.1 Å². The fraction of sp³-hybridized carbons (Fsp3) is 0.0769. The van der Waals surface area contributed by atoms with Crippen molar-refractivity contribution in [2.75, 3.05) is 16.8 Å². The molecule has 1 aliphatic rings. The van der Waals surface area contributed by atoms with E-state index in [0.29, 0.717) is 37.6 Å². The first-order valence-corrected chi connectivity index (χ1v) is 11.9. The molecule has 1 saturated heterocycles. The molecule has 0 spiro atoms. The van der Waals surface area contributed by atoms with E-state index in [1.807, 2.05) is 0 Å². The van der Waals surface area contributed by atoms with Crippen LogP contribution in [0.15, 0.2) is 66.2 Å². The van der Waals surface area contributed by atoms with Gasteiger partial charge in [-0.2, -0.15) is 0 Å². The Balaban J connectivity index is 1.44. The number of amides is 5. The van der Waals surface area contributed by atoms with Crippen LogP contribution in [0.4, 0.5) is 16.2 Å². The Morgan fingerprint density at radius 2 is 1.70 bits per heavy atom. The quantitative estimate of drug-likeness (QED) is 0.301. The molecule has 0 aromatic heterocycles. The lowest BCUT2D eigenvalue weighted by molar-refractivity contribution is -0.122. The second-order valence-electron chi connectivity index (χ2n) is 7.88. The summed E-state index contributed by atoms with van der Waals surface area (Å²) < 4.78 is 5.49. The van der Waals surface area contributed by atoms with Gasteiger partial charge in [0.2, 0.25) is 0 Å². The number of barbiturate groups is 1. The molecule has 37 heavy (non-hydrogen) atoms. The molecule has 188 valence electrons. The van der Waals surface area contributed by atoms with E-state index in [9.17, 15) is 19.2 Å². The minimum absolute atomic E-state index is 0.228. The predicted molar refractivity (Wildman–Crippen MR) is 142 cm³/mol. The molecule has 1 aliphatic heterocycles. The molecule has 3 aromatic rings. The minimum atomic E-state index is -0.861. The van der Waals surface area contributed by atoms with Gasteiger partial charge in [0.25, 0.3) is 17.7 Å². The van der Waals surface area contributed by atoms with Gasteiger partial charge in [0.05, 0.1) is 15.7 Å². The number of halogens is 3. The standard InChI is InChI=1S/C26H18Cl3N3O5/c1-14-19(27)3-2-4-22(14)32-25(35)18(24(34)31-26(32)36)11-15-5-8-17(9-6-15)37-13-23(33)30-16-7-10-20(28)21(29)12-16/h2-12H,13H2,1H3,(H,30,33)(H,31,34,36)/b18-11-. The van der Waals surface area contributed by atoms with Crippen LogP contribution < -0.4 is 20.3 Å². The maximum atomic E-state index is 13.1. The van der Waals surface area contributed by atoms with Gasteiger partial charge in [0.1, 0.15) is 11.3 Å². The zero-order valence-corrected chi connectivity index (χ0v) is 21.4. The van der Waals surface area contributed by atoms with E-state index < -0.39 is 23.8 Å². The number of anilines is 2. The Kier molecular flexibility index (Phi) is 7.83. The van der Waals surface area contributed by atoms with Crippen molar-refractivity contribution in [3.8, 4) is 5.75 Å². The van der Waals surface area contributed by atoms with Gasteiger partial charge in [0, 0.05) is 10.7 Å². The number of carbonyl (C=O) groups excluding carboxylic acids is 4. The normalized spacial score (nSPS) is 14.5. The molecule has 0 unspecified atom stereocenters. The summed E-state index contributed by atoms with van der Waals surface area (Å²) in [5.74, 6) is -1.61. The Hall–Kier alpha value is -3.85. The fourth-order valence-electron chi connectivity index (χ4n) is 3.46. The predicted octanol–water partition coefficient (Wildman–Crippen LogP) is 5.64. The number of hydrogen-bond acceptors (Lipinski definition) is 5. The molecule has 0 radical (unpaired) electrons. The maximum Gasteiger partial charge on any atom is 0.335 e. The van der Waals surface area contributed by atoms with Crippen LogP contribution in [-0.2, 0) is 14.4 Å². The zero-order chi connectivity index (χ0) is 26.7. The van der Waals surface area contributed by atoms with Crippen molar-refractivity contribution in [2.45, 2.75) is 6.92 Å². The molecule has 0 aliphatic carbocycles. The lowest BCUT2D eigenvalue weighted by Gasteiger charge is -2.27. The largest absolute Gasteiger partial charge is 0.484 e. The minimum Gasteiger partial charge on any atom is -0.484 e. The highest BCUT2D eigenvalue weighted by atomic mass is 35.5. The highest BCUT2D eigenvalue weighted by Crippen LogP contribution is 2.30. The number of benzene rings is 3. The molecule has 11 heteroatoms. The van der Waals surface area contributed by atoms with Crippen molar-refractivity contribution in [2.24, 2.45) is 0 Å². The van der Waals surface area contributed by atoms with Crippen molar-refractivity contribution in [1.82, 2.24) is 5.32 Å². The summed E-state index contributed by atoms with van der Waals surface area (Å²) in [7, 11) is 0. The smallest absolute Gasteiger partial charge is 0.335 e. The molecular weight excluding hydrogens is 541 g/mol. The van der Waals surface area contributed by atoms with E-state index in [1.165, 1.54) is 12.1 Å². The first-order chi connectivity index (χ1) is 17.6. The van der Waals surface area contributed by atoms with Crippen LogP contribution in [0, 0.1) is 6.92 Å². The lowest BCUT2D eigenvalue weighted by Crippen LogP contribution is -2.54. The third kappa shape index (κ3) is 5.94. The summed E-state index contributed by atoms with van der Waals surface area (Å²) in [6.07, 6.45) is 1.36. The van der Waals surface area contributed by atoms with Gasteiger partial charge in [-0.1, -0.05) is 53.0 Å². The molecule has 3 aromatic carbocycles. The van der Waals surface area contributed by atoms with E-state index in [0.717, 1.165) is 4.90 Å². The Bertz CT molecular complexity index is 1450. The topological polar surface area (TPSA) is 105 Å². The average molecular weight is 559 g/mol. The number of carbonyl (C=O) groups is 4. The van der Waals surface area contributed by atoms with E-state index in [1.54, 1.807) is 61.5 Å². The summed E-state index contributed by atoms with van der Waals surface area (Å²) in [6, 6.07) is 15.0. The van der Waals surface area contributed by atoms with Crippen molar-refractivity contribution < 1.29 is 23.9 Å². The molecule has 0 bridgehead atoms. The molecule has 1 fully saturated rings. The molecule has 2 N–H and O–H groups in total. The highest BCUT2D eigenvalue weighted by Gasteiger charge is 2.37. The Morgan fingerprint density at radius 1 is 0.973 bits per heavy atom. The third-order valence-corrected chi connectivity index (χ3v) is 6.49. The van der Waals surface area contributed by atoms with Crippen LogP contribution in [0.25, 0.3) is 6.08 Å². The monoisotopic (exact) mass is 557 g/mol. The first-order valence-electron chi connectivity index (χ1n) is 10.8. The zero-order valence-electron chi connectivity index (χ0n) is 19.2. The fourth-order valence-corrected chi connectivity index (χ4v) is 3.93. The van der Waals surface area contributed by atoms with Crippen LogP contribution in [-0.4, -0.2) is 30.4 Å². The van der Waals surface area contributed by atoms with Gasteiger partial charge in [0.15, 0.2) is 6.61 Å². The number of nitrogens with one attached hydrogen (secondary N) is 2. The van der Waals surface area contributed by atoms with Crippen LogP contribution in [0.2, 0.25) is 15.1 Å². The van der Waals surface area contributed by atoms with E-state index in [4.69, 9.17) is 39.5 Å². The molecule has 0 saturated carbocycles. The van der Waals surface area contributed by atoms with Crippen LogP contribution in [0.3, 0.4) is 0 Å². The van der Waals surface area contributed by atoms with E-state index in [2.05, 4.69) is 10.6 Å². The van der Waals surface area contributed by atoms with Gasteiger partial charge in [-0.15, -0.1) is 0 Å². The number of ether oxygens (including phenoxy) is 1. The number of hydrogen-bond donors (Lipinski definition) is 2. The second kappa shape index (κ2) is 11.0. The van der Waals surface area contributed by atoms with Gasteiger partial charge in [-0.3, -0.25) is 19.7 Å².